The Morgan fingerprint density at radius 1 is 1.35 bits per heavy atom. The molecule has 8 heteroatoms. The molecule has 1 amide bonds. The van der Waals surface area contributed by atoms with Crippen molar-refractivity contribution in [3.05, 3.63) is 41.6 Å². The highest BCUT2D eigenvalue weighted by Crippen LogP contribution is 2.25. The zero-order chi connectivity index (χ0) is 16.2. The van der Waals surface area contributed by atoms with Gasteiger partial charge in [0.05, 0.1) is 12.8 Å². The van der Waals surface area contributed by atoms with E-state index in [0.717, 1.165) is 0 Å². The summed E-state index contributed by atoms with van der Waals surface area (Å²) in [5.41, 5.74) is 1.08. The Balaban J connectivity index is 1.80. The van der Waals surface area contributed by atoms with Crippen LogP contribution < -0.4 is 10.1 Å². The molecular formula is C15H13ClN4O3. The number of pyridine rings is 1. The van der Waals surface area contributed by atoms with E-state index in [2.05, 4.69) is 20.3 Å². The molecular weight excluding hydrogens is 320 g/mol. The first kappa shape index (κ1) is 15.1. The second kappa shape index (κ2) is 6.53. The lowest BCUT2D eigenvalue weighted by atomic mass is 10.3. The first-order chi connectivity index (χ1) is 11.1. The molecule has 0 saturated heterocycles. The normalized spacial score (nSPS) is 10.5. The van der Waals surface area contributed by atoms with Crippen molar-refractivity contribution >= 4 is 34.8 Å². The average Bonchev–Trinajstić information content (AvgIpc) is 2.88. The zero-order valence-corrected chi connectivity index (χ0v) is 12.9. The van der Waals surface area contributed by atoms with Gasteiger partial charge in [0.2, 0.25) is 5.95 Å². The fraction of sp³-hybridized carbons (Fsp3) is 0.133. The number of amides is 1. The summed E-state index contributed by atoms with van der Waals surface area (Å²) in [6, 6.07) is 8.74. The Bertz CT molecular complexity index is 850. The molecule has 0 spiro atoms. The predicted molar refractivity (Wildman–Crippen MR) is 86.1 cm³/mol. The van der Waals surface area contributed by atoms with Crippen molar-refractivity contribution in [1.82, 2.24) is 15.0 Å². The Morgan fingerprint density at radius 3 is 3.00 bits per heavy atom. The summed E-state index contributed by atoms with van der Waals surface area (Å²) in [7, 11) is 0. The van der Waals surface area contributed by atoms with Crippen LogP contribution in [0.2, 0.25) is 5.02 Å². The number of nitrogens with zero attached hydrogens (tertiary/aromatic N) is 2. The van der Waals surface area contributed by atoms with Crippen LogP contribution in [-0.4, -0.2) is 27.7 Å². The summed E-state index contributed by atoms with van der Waals surface area (Å²) in [6.45, 7) is 2.00. The highest BCUT2D eigenvalue weighted by Gasteiger charge is 2.09. The zero-order valence-electron chi connectivity index (χ0n) is 12.2. The van der Waals surface area contributed by atoms with Gasteiger partial charge in [0.15, 0.2) is 5.65 Å². The van der Waals surface area contributed by atoms with Crippen molar-refractivity contribution in [1.29, 1.82) is 0 Å². The van der Waals surface area contributed by atoms with Gasteiger partial charge in [0.25, 0.3) is 0 Å². The first-order valence-corrected chi connectivity index (χ1v) is 7.25. The third-order valence-corrected chi connectivity index (χ3v) is 3.07. The van der Waals surface area contributed by atoms with Gasteiger partial charge in [-0.05, 0) is 25.1 Å². The number of imidazole rings is 1. The van der Waals surface area contributed by atoms with Crippen LogP contribution >= 0.6 is 11.6 Å². The summed E-state index contributed by atoms with van der Waals surface area (Å²) in [5.74, 6) is 1.36. The Kier molecular flexibility index (Phi) is 4.29. The minimum Gasteiger partial charge on any atom is -0.456 e. The predicted octanol–water partition coefficient (Wildman–Crippen LogP) is 3.97. The van der Waals surface area contributed by atoms with Crippen LogP contribution in [0, 0.1) is 0 Å². The third-order valence-electron chi connectivity index (χ3n) is 2.84. The molecule has 0 bridgehead atoms. The van der Waals surface area contributed by atoms with Gasteiger partial charge in [-0.25, -0.2) is 14.8 Å². The van der Waals surface area contributed by atoms with E-state index in [9.17, 15) is 4.79 Å². The lowest BCUT2D eigenvalue weighted by molar-refractivity contribution is 0.167. The topological polar surface area (TPSA) is 89.1 Å². The summed E-state index contributed by atoms with van der Waals surface area (Å²) >= 11 is 5.92. The van der Waals surface area contributed by atoms with Crippen molar-refractivity contribution in [3.8, 4) is 11.5 Å². The number of carbonyl (C=O) groups excluding carboxylic acids is 1. The first-order valence-electron chi connectivity index (χ1n) is 6.87. The van der Waals surface area contributed by atoms with Crippen molar-refractivity contribution in [2.24, 2.45) is 0 Å². The van der Waals surface area contributed by atoms with E-state index in [1.165, 1.54) is 0 Å². The van der Waals surface area contributed by atoms with Crippen LogP contribution in [0.5, 0.6) is 11.5 Å². The minimum atomic E-state index is -0.582. The molecule has 0 radical (unpaired) electrons. The molecule has 2 N–H and O–H groups in total. The van der Waals surface area contributed by atoms with Gasteiger partial charge < -0.3 is 14.5 Å². The highest BCUT2D eigenvalue weighted by atomic mass is 35.5. The summed E-state index contributed by atoms with van der Waals surface area (Å²) in [5, 5.41) is 3.06. The quantitative estimate of drug-likeness (QED) is 0.754. The number of ether oxygens (including phenoxy) is 2. The number of H-pyrrole nitrogens is 1. The monoisotopic (exact) mass is 332 g/mol. The van der Waals surface area contributed by atoms with Gasteiger partial charge in [-0.15, -0.1) is 0 Å². The number of anilines is 1. The van der Waals surface area contributed by atoms with Gasteiger partial charge >= 0.3 is 6.09 Å². The largest absolute Gasteiger partial charge is 0.456 e. The molecule has 0 unspecified atom stereocenters. The lowest BCUT2D eigenvalue weighted by Crippen LogP contribution is -2.14. The van der Waals surface area contributed by atoms with Gasteiger partial charge in [0.1, 0.15) is 17.0 Å². The van der Waals surface area contributed by atoms with Gasteiger partial charge in [-0.2, -0.15) is 0 Å². The number of fused-ring (bicyclic) bond motifs is 1. The molecule has 3 rings (SSSR count). The highest BCUT2D eigenvalue weighted by molar-refractivity contribution is 6.30. The molecule has 0 aliphatic rings. The van der Waals surface area contributed by atoms with Crippen molar-refractivity contribution < 1.29 is 14.3 Å². The van der Waals surface area contributed by atoms with Crippen LogP contribution in [-0.2, 0) is 4.74 Å². The van der Waals surface area contributed by atoms with Crippen LogP contribution in [0.25, 0.3) is 11.2 Å². The van der Waals surface area contributed by atoms with Crippen molar-refractivity contribution in [2.75, 3.05) is 11.9 Å². The molecule has 23 heavy (non-hydrogen) atoms. The molecule has 1 aromatic carbocycles. The Labute approximate surface area is 136 Å². The van der Waals surface area contributed by atoms with Crippen molar-refractivity contribution in [2.45, 2.75) is 6.92 Å². The van der Waals surface area contributed by atoms with E-state index in [-0.39, 0.29) is 12.6 Å². The molecule has 2 heterocycles. The molecule has 3 aromatic rings. The van der Waals surface area contributed by atoms with Crippen molar-refractivity contribution in [3.63, 3.8) is 0 Å². The van der Waals surface area contributed by atoms with Crippen LogP contribution in [0.15, 0.2) is 36.5 Å². The van der Waals surface area contributed by atoms with Crippen LogP contribution in [0.3, 0.4) is 0 Å². The summed E-state index contributed by atoms with van der Waals surface area (Å²) in [4.78, 5) is 22.7. The van der Waals surface area contributed by atoms with E-state index in [0.29, 0.717) is 27.7 Å². The maximum absolute atomic E-state index is 11.4. The number of hydrogen-bond donors (Lipinski definition) is 2. The lowest BCUT2D eigenvalue weighted by Gasteiger charge is -2.04. The summed E-state index contributed by atoms with van der Waals surface area (Å²) < 4.78 is 10.5. The SMILES string of the molecule is CCOC(=O)Nc1nc2cc(Oc3cccc(Cl)c3)cnc2[nH]1. The number of rotatable bonds is 4. The third kappa shape index (κ3) is 3.70. The number of halogens is 1. The van der Waals surface area contributed by atoms with Gasteiger partial charge in [-0.1, -0.05) is 17.7 Å². The number of aromatic nitrogens is 3. The maximum Gasteiger partial charge on any atom is 0.413 e. The van der Waals surface area contributed by atoms with Crippen LogP contribution in [0.1, 0.15) is 6.92 Å². The standard InChI is InChI=1S/C15H13ClN4O3/c1-2-22-15(21)20-14-18-12-7-11(8-17-13(12)19-14)23-10-5-3-4-9(16)6-10/h3-8H,2H2,1H3,(H2,17,18,19,20,21). The van der Waals surface area contributed by atoms with E-state index in [1.54, 1.807) is 43.5 Å². The Hall–Kier alpha value is -2.80. The minimum absolute atomic E-state index is 0.255. The number of carbonyl (C=O) groups is 1. The number of benzene rings is 1. The van der Waals surface area contributed by atoms with E-state index < -0.39 is 6.09 Å². The maximum atomic E-state index is 11.4. The number of aromatic amines is 1. The second-order valence-electron chi connectivity index (χ2n) is 4.53. The smallest absolute Gasteiger partial charge is 0.413 e. The van der Waals surface area contributed by atoms with Gasteiger partial charge in [-0.3, -0.25) is 5.32 Å². The van der Waals surface area contributed by atoms with E-state index in [4.69, 9.17) is 21.1 Å². The molecule has 0 saturated carbocycles. The fourth-order valence-corrected chi connectivity index (χ4v) is 2.10. The second-order valence-corrected chi connectivity index (χ2v) is 4.97. The molecule has 0 atom stereocenters. The van der Waals surface area contributed by atoms with Gasteiger partial charge in [0, 0.05) is 11.1 Å². The average molecular weight is 333 g/mol. The number of nitrogens with one attached hydrogen (secondary N) is 2. The molecule has 7 nitrogen and oxygen atoms in total. The Morgan fingerprint density at radius 2 is 2.22 bits per heavy atom. The summed E-state index contributed by atoms with van der Waals surface area (Å²) in [6.07, 6.45) is 0.970. The fourth-order valence-electron chi connectivity index (χ4n) is 1.92. The van der Waals surface area contributed by atoms with E-state index >= 15 is 0 Å². The molecule has 118 valence electrons. The number of hydrogen-bond acceptors (Lipinski definition) is 5. The van der Waals surface area contributed by atoms with Crippen LogP contribution in [0.4, 0.5) is 10.7 Å². The molecule has 2 aromatic heterocycles. The molecule has 0 aliphatic carbocycles. The molecule has 0 aliphatic heterocycles. The molecule has 0 fully saturated rings. The van der Waals surface area contributed by atoms with E-state index in [1.807, 2.05) is 0 Å².